The Morgan fingerprint density at radius 3 is 2.26 bits per heavy atom. The highest BCUT2D eigenvalue weighted by atomic mass is 35.5. The lowest BCUT2D eigenvalue weighted by Gasteiger charge is -2.14. The molecule has 0 aliphatic carbocycles. The zero-order valence-electron chi connectivity index (χ0n) is 18.4. The molecule has 5 aromatic rings. The molecular formula is C24H17ClF3N5O2. The van der Waals surface area contributed by atoms with Gasteiger partial charge in [-0.15, -0.1) is 13.2 Å². The third kappa shape index (κ3) is 3.75. The molecule has 0 amide bonds. The zero-order chi connectivity index (χ0) is 25.1. The molecular weight excluding hydrogens is 483 g/mol. The molecule has 1 aromatic carbocycles. The van der Waals surface area contributed by atoms with E-state index in [2.05, 4.69) is 10.1 Å². The smallest absolute Gasteiger partial charge is 0.349 e. The molecule has 5 rings (SSSR count). The van der Waals surface area contributed by atoms with E-state index >= 15 is 0 Å². The maximum Gasteiger partial charge on any atom is 0.504 e. The first-order chi connectivity index (χ1) is 16.6. The molecule has 0 saturated carbocycles. The van der Waals surface area contributed by atoms with E-state index < -0.39 is 11.9 Å². The fourth-order valence-corrected chi connectivity index (χ4v) is 4.43. The van der Waals surface area contributed by atoms with E-state index in [0.717, 1.165) is 23.5 Å². The molecule has 0 spiro atoms. The number of hydrogen-bond donors (Lipinski definition) is 1. The second-order valence-electron chi connectivity index (χ2n) is 8.08. The van der Waals surface area contributed by atoms with Crippen molar-refractivity contribution in [3.8, 4) is 33.5 Å². The fraction of sp³-hybridized carbons (Fsp3) is 0.125. The van der Waals surface area contributed by atoms with Crippen LogP contribution in [0.1, 0.15) is 0 Å². The summed E-state index contributed by atoms with van der Waals surface area (Å²) in [5, 5.41) is 3.71. The molecule has 0 saturated heterocycles. The van der Waals surface area contributed by atoms with Gasteiger partial charge in [0.15, 0.2) is 0 Å². The molecule has 35 heavy (non-hydrogen) atoms. The molecule has 4 aromatic heterocycles. The average molecular weight is 500 g/mol. The Bertz CT molecular complexity index is 1710. The Morgan fingerprint density at radius 1 is 0.914 bits per heavy atom. The van der Waals surface area contributed by atoms with Crippen LogP contribution < -0.4 is 11.1 Å². The number of aryl methyl sites for hydroxylation is 2. The minimum Gasteiger partial charge on any atom is -0.349 e. The van der Waals surface area contributed by atoms with E-state index in [4.69, 9.17) is 11.6 Å². The maximum absolute atomic E-state index is 13.1. The SMILES string of the molecule is Cn1cc(-c2ccccc2)c(-c2cn(C)c(=O)c3[nH]c(-c4cnn(C(F)(F)F)c4)c(Cl)c23)cc1=O. The lowest BCUT2D eigenvalue weighted by atomic mass is 9.95. The summed E-state index contributed by atoms with van der Waals surface area (Å²) in [4.78, 5) is 28.5. The second-order valence-corrected chi connectivity index (χ2v) is 8.46. The molecule has 178 valence electrons. The third-order valence-corrected chi connectivity index (χ3v) is 6.18. The number of pyridine rings is 2. The second kappa shape index (κ2) is 8.02. The van der Waals surface area contributed by atoms with Crippen LogP contribution in [-0.2, 0) is 20.4 Å². The van der Waals surface area contributed by atoms with Gasteiger partial charge in [-0.3, -0.25) is 9.59 Å². The van der Waals surface area contributed by atoms with Crippen LogP contribution in [0, 0.1) is 0 Å². The lowest BCUT2D eigenvalue weighted by Crippen LogP contribution is -2.18. The van der Waals surface area contributed by atoms with Gasteiger partial charge in [0, 0.05) is 60.8 Å². The minimum atomic E-state index is -4.70. The highest BCUT2D eigenvalue weighted by molar-refractivity contribution is 6.39. The quantitative estimate of drug-likeness (QED) is 0.384. The van der Waals surface area contributed by atoms with E-state index in [1.165, 1.54) is 15.2 Å². The Labute approximate surface area is 200 Å². The molecule has 11 heteroatoms. The monoisotopic (exact) mass is 499 g/mol. The lowest BCUT2D eigenvalue weighted by molar-refractivity contribution is -0.212. The van der Waals surface area contributed by atoms with Crippen molar-refractivity contribution >= 4 is 22.5 Å². The molecule has 0 unspecified atom stereocenters. The summed E-state index contributed by atoms with van der Waals surface area (Å²) in [6.07, 6.45) is 0.357. The van der Waals surface area contributed by atoms with Gasteiger partial charge >= 0.3 is 6.30 Å². The number of fused-ring (bicyclic) bond motifs is 1. The van der Waals surface area contributed by atoms with Crippen molar-refractivity contribution in [2.75, 3.05) is 0 Å². The van der Waals surface area contributed by atoms with Gasteiger partial charge in [-0.1, -0.05) is 41.9 Å². The Morgan fingerprint density at radius 2 is 1.60 bits per heavy atom. The van der Waals surface area contributed by atoms with Gasteiger partial charge in [0.1, 0.15) is 5.52 Å². The van der Waals surface area contributed by atoms with Crippen molar-refractivity contribution in [3.63, 3.8) is 0 Å². The van der Waals surface area contributed by atoms with Gasteiger partial charge in [0.2, 0.25) is 0 Å². The van der Waals surface area contributed by atoms with Crippen molar-refractivity contribution in [1.82, 2.24) is 23.9 Å². The Hall–Kier alpha value is -4.05. The van der Waals surface area contributed by atoms with Crippen LogP contribution in [0.2, 0.25) is 5.02 Å². The third-order valence-electron chi connectivity index (χ3n) is 5.80. The Balaban J connectivity index is 1.84. The number of nitrogens with one attached hydrogen (secondary N) is 1. The summed E-state index contributed by atoms with van der Waals surface area (Å²) in [5.41, 5.74) is 2.13. The standard InChI is InChI=1S/C24H17ClF3N5O2/c1-31-11-16(13-6-4-3-5-7-13)15(8-18(31)34)17-12-32(2)23(35)22-19(17)20(25)21(30-22)14-9-29-33(10-14)24(26,27)28/h3-12,30H,1-2H3. The average Bonchev–Trinajstić information content (AvgIpc) is 3.44. The number of benzene rings is 1. The van der Waals surface area contributed by atoms with E-state index in [-0.39, 0.29) is 32.0 Å². The van der Waals surface area contributed by atoms with Gasteiger partial charge in [0.25, 0.3) is 11.1 Å². The predicted molar refractivity (Wildman–Crippen MR) is 127 cm³/mol. The molecule has 0 aliphatic heterocycles. The van der Waals surface area contributed by atoms with Crippen LogP contribution in [0.15, 0.2) is 70.8 Å². The van der Waals surface area contributed by atoms with Gasteiger partial charge in [-0.2, -0.15) is 9.78 Å². The first-order valence-corrected chi connectivity index (χ1v) is 10.7. The first kappa shape index (κ1) is 22.7. The summed E-state index contributed by atoms with van der Waals surface area (Å²) < 4.78 is 41.9. The van der Waals surface area contributed by atoms with Crippen LogP contribution in [0.4, 0.5) is 13.2 Å². The number of halogens is 4. The number of aromatic nitrogens is 5. The molecule has 0 radical (unpaired) electrons. The highest BCUT2D eigenvalue weighted by Crippen LogP contribution is 2.41. The topological polar surface area (TPSA) is 77.6 Å². The number of H-pyrrole nitrogens is 1. The molecule has 0 aliphatic rings. The first-order valence-electron chi connectivity index (χ1n) is 10.4. The number of hydrogen-bond acceptors (Lipinski definition) is 3. The normalized spacial score (nSPS) is 11.9. The van der Waals surface area contributed by atoms with Crippen molar-refractivity contribution in [1.29, 1.82) is 0 Å². The fourth-order valence-electron chi connectivity index (χ4n) is 4.08. The highest BCUT2D eigenvalue weighted by Gasteiger charge is 2.32. The van der Waals surface area contributed by atoms with E-state index in [1.54, 1.807) is 26.5 Å². The van der Waals surface area contributed by atoms with Crippen LogP contribution in [0.5, 0.6) is 0 Å². The predicted octanol–water partition coefficient (Wildman–Crippen LogP) is 4.89. The summed E-state index contributed by atoms with van der Waals surface area (Å²) in [6, 6.07) is 10.8. The van der Waals surface area contributed by atoms with Crippen molar-refractivity contribution in [2.24, 2.45) is 14.1 Å². The molecule has 0 bridgehead atoms. The Kier molecular flexibility index (Phi) is 5.21. The summed E-state index contributed by atoms with van der Waals surface area (Å²) in [7, 11) is 3.18. The number of rotatable bonds is 3. The number of nitrogens with zero attached hydrogens (tertiary/aromatic N) is 4. The number of alkyl halides is 3. The van der Waals surface area contributed by atoms with Gasteiger partial charge in [0.05, 0.1) is 16.9 Å². The van der Waals surface area contributed by atoms with E-state index in [1.807, 2.05) is 30.3 Å². The maximum atomic E-state index is 13.1. The zero-order valence-corrected chi connectivity index (χ0v) is 19.1. The van der Waals surface area contributed by atoms with Crippen LogP contribution in [-0.4, -0.2) is 23.9 Å². The summed E-state index contributed by atoms with van der Waals surface area (Å²) in [6.45, 7) is 0. The summed E-state index contributed by atoms with van der Waals surface area (Å²) >= 11 is 6.68. The molecule has 7 nitrogen and oxygen atoms in total. The van der Waals surface area contributed by atoms with Crippen LogP contribution in [0.25, 0.3) is 44.4 Å². The van der Waals surface area contributed by atoms with Gasteiger partial charge in [-0.05, 0) is 11.1 Å². The van der Waals surface area contributed by atoms with E-state index in [9.17, 15) is 22.8 Å². The van der Waals surface area contributed by atoms with Crippen LogP contribution >= 0.6 is 11.6 Å². The largest absolute Gasteiger partial charge is 0.504 e. The van der Waals surface area contributed by atoms with Gasteiger partial charge in [-0.25, -0.2) is 0 Å². The summed E-state index contributed by atoms with van der Waals surface area (Å²) in [5.74, 6) is 0. The van der Waals surface area contributed by atoms with Crippen LogP contribution in [0.3, 0.4) is 0 Å². The van der Waals surface area contributed by atoms with Crippen molar-refractivity contribution < 1.29 is 13.2 Å². The van der Waals surface area contributed by atoms with Crippen molar-refractivity contribution in [3.05, 3.63) is 86.9 Å². The minimum absolute atomic E-state index is 0.0501. The molecule has 0 fully saturated rings. The molecule has 1 N–H and O–H groups in total. The van der Waals surface area contributed by atoms with Crippen molar-refractivity contribution in [2.45, 2.75) is 6.30 Å². The van der Waals surface area contributed by atoms with Gasteiger partial charge < -0.3 is 14.1 Å². The number of aromatic amines is 1. The molecule has 0 atom stereocenters. The molecule has 4 heterocycles. The van der Waals surface area contributed by atoms with E-state index in [0.29, 0.717) is 16.5 Å².